The number of imidazole rings is 1. The lowest BCUT2D eigenvalue weighted by Crippen LogP contribution is -2.26. The van der Waals surface area contributed by atoms with Crippen molar-refractivity contribution in [3.05, 3.63) is 64.6 Å². The van der Waals surface area contributed by atoms with Gasteiger partial charge in [0.25, 0.3) is 0 Å². The lowest BCUT2D eigenvalue weighted by molar-refractivity contribution is -0.116. The number of anilines is 1. The summed E-state index contributed by atoms with van der Waals surface area (Å²) in [7, 11) is 1.62. The van der Waals surface area contributed by atoms with Gasteiger partial charge < -0.3 is 10.1 Å². The molecule has 1 heterocycles. The first-order valence-corrected chi connectivity index (χ1v) is 9.20. The Labute approximate surface area is 158 Å². The number of rotatable bonds is 8. The Hall–Kier alpha value is -2.86. The van der Waals surface area contributed by atoms with Crippen molar-refractivity contribution >= 4 is 22.6 Å². The summed E-state index contributed by atoms with van der Waals surface area (Å²) < 4.78 is 8.63. The van der Waals surface area contributed by atoms with E-state index in [9.17, 15) is 9.59 Å². The molecule has 1 amide bonds. The normalized spacial score (nSPS) is 11.0. The van der Waals surface area contributed by atoms with Crippen LogP contribution < -0.4 is 11.0 Å². The summed E-state index contributed by atoms with van der Waals surface area (Å²) in [5.74, 6) is -0.127. The zero-order valence-corrected chi connectivity index (χ0v) is 15.8. The van der Waals surface area contributed by atoms with Crippen molar-refractivity contribution in [3.63, 3.8) is 0 Å². The molecule has 6 heteroatoms. The molecule has 0 spiro atoms. The van der Waals surface area contributed by atoms with Gasteiger partial charge in [0, 0.05) is 37.9 Å². The van der Waals surface area contributed by atoms with Crippen LogP contribution in [0.4, 0.5) is 5.69 Å². The van der Waals surface area contributed by atoms with Crippen molar-refractivity contribution in [3.8, 4) is 0 Å². The molecular formula is C21H25N3O3. The van der Waals surface area contributed by atoms with Gasteiger partial charge >= 0.3 is 5.69 Å². The molecule has 0 fully saturated rings. The first-order chi connectivity index (χ1) is 13.2. The molecule has 0 unspecified atom stereocenters. The third kappa shape index (κ3) is 4.11. The second-order valence-electron chi connectivity index (χ2n) is 6.46. The Morgan fingerprint density at radius 1 is 1.00 bits per heavy atom. The predicted molar refractivity (Wildman–Crippen MR) is 107 cm³/mol. The third-order valence-electron chi connectivity index (χ3n) is 4.53. The van der Waals surface area contributed by atoms with E-state index in [1.807, 2.05) is 55.5 Å². The smallest absolute Gasteiger partial charge is 0.329 e. The summed E-state index contributed by atoms with van der Waals surface area (Å²) in [4.78, 5) is 25.2. The van der Waals surface area contributed by atoms with E-state index in [0.717, 1.165) is 28.7 Å². The number of methoxy groups -OCH3 is 1. The third-order valence-corrected chi connectivity index (χ3v) is 4.53. The lowest BCUT2D eigenvalue weighted by atomic mass is 10.2. The first-order valence-electron chi connectivity index (χ1n) is 9.20. The summed E-state index contributed by atoms with van der Waals surface area (Å²) in [5, 5.41) is 2.92. The van der Waals surface area contributed by atoms with Gasteiger partial charge in [0.05, 0.1) is 17.6 Å². The molecule has 0 radical (unpaired) electrons. The largest absolute Gasteiger partial charge is 0.380 e. The second-order valence-corrected chi connectivity index (χ2v) is 6.46. The highest BCUT2D eigenvalue weighted by Gasteiger charge is 2.14. The molecule has 0 atom stereocenters. The fourth-order valence-electron chi connectivity index (χ4n) is 3.28. The molecule has 1 aromatic heterocycles. The SMILES string of the molecule is CCCn1c(=O)n(CCC(=O)Nc2ccccc2COC)c2ccccc21. The van der Waals surface area contributed by atoms with Crippen molar-refractivity contribution in [1.82, 2.24) is 9.13 Å². The van der Waals surface area contributed by atoms with Crippen molar-refractivity contribution in [2.24, 2.45) is 0 Å². The molecule has 0 bridgehead atoms. The highest BCUT2D eigenvalue weighted by atomic mass is 16.5. The highest BCUT2D eigenvalue weighted by Crippen LogP contribution is 2.17. The van der Waals surface area contributed by atoms with E-state index < -0.39 is 0 Å². The Morgan fingerprint density at radius 2 is 1.63 bits per heavy atom. The van der Waals surface area contributed by atoms with Gasteiger partial charge in [-0.05, 0) is 24.6 Å². The summed E-state index contributed by atoms with van der Waals surface area (Å²) in [6, 6.07) is 15.3. The Bertz CT molecular complexity index is 988. The molecule has 6 nitrogen and oxygen atoms in total. The number of nitrogens with one attached hydrogen (secondary N) is 1. The van der Waals surface area contributed by atoms with Crippen LogP contribution in [0, 0.1) is 0 Å². The van der Waals surface area contributed by atoms with Gasteiger partial charge in [-0.15, -0.1) is 0 Å². The van der Waals surface area contributed by atoms with Crippen LogP contribution in [0.15, 0.2) is 53.3 Å². The summed E-state index contributed by atoms with van der Waals surface area (Å²) in [6.07, 6.45) is 1.10. The molecule has 142 valence electrons. The molecule has 0 aliphatic heterocycles. The monoisotopic (exact) mass is 367 g/mol. The van der Waals surface area contributed by atoms with Crippen molar-refractivity contribution in [2.75, 3.05) is 12.4 Å². The van der Waals surface area contributed by atoms with E-state index >= 15 is 0 Å². The summed E-state index contributed by atoms with van der Waals surface area (Å²) in [5.41, 5.74) is 3.37. The lowest BCUT2D eigenvalue weighted by Gasteiger charge is -2.10. The molecule has 27 heavy (non-hydrogen) atoms. The number of aryl methyl sites for hydroxylation is 2. The number of carbonyl (C=O) groups excluding carboxylic acids is 1. The number of hydrogen-bond donors (Lipinski definition) is 1. The molecule has 0 saturated heterocycles. The van der Waals surface area contributed by atoms with Gasteiger partial charge in [-0.25, -0.2) is 4.79 Å². The van der Waals surface area contributed by atoms with Crippen molar-refractivity contribution < 1.29 is 9.53 Å². The molecule has 1 N–H and O–H groups in total. The molecule has 0 saturated carbocycles. The van der Waals surface area contributed by atoms with Crippen LogP contribution in [0.5, 0.6) is 0 Å². The minimum atomic E-state index is -0.127. The van der Waals surface area contributed by atoms with Gasteiger partial charge in [0.15, 0.2) is 0 Å². The Kier molecular flexibility index (Phi) is 6.08. The van der Waals surface area contributed by atoms with Crippen LogP contribution in [0.25, 0.3) is 11.0 Å². The quantitative estimate of drug-likeness (QED) is 0.664. The summed E-state index contributed by atoms with van der Waals surface area (Å²) in [6.45, 7) is 3.49. The van der Waals surface area contributed by atoms with Crippen LogP contribution in [0.3, 0.4) is 0 Å². The Morgan fingerprint density at radius 3 is 2.30 bits per heavy atom. The van der Waals surface area contributed by atoms with Crippen LogP contribution in [-0.2, 0) is 29.2 Å². The highest BCUT2D eigenvalue weighted by molar-refractivity contribution is 5.91. The second kappa shape index (κ2) is 8.68. The van der Waals surface area contributed by atoms with Gasteiger partial charge in [0.2, 0.25) is 5.91 Å². The van der Waals surface area contributed by atoms with Crippen LogP contribution >= 0.6 is 0 Å². The molecule has 3 rings (SSSR count). The zero-order chi connectivity index (χ0) is 19.2. The maximum absolute atomic E-state index is 12.8. The van der Waals surface area contributed by atoms with Crippen LogP contribution in [0.2, 0.25) is 0 Å². The number of amides is 1. The van der Waals surface area contributed by atoms with Gasteiger partial charge in [-0.3, -0.25) is 13.9 Å². The number of nitrogens with zero attached hydrogens (tertiary/aromatic N) is 2. The molecule has 0 aliphatic carbocycles. The van der Waals surface area contributed by atoms with E-state index in [1.54, 1.807) is 16.2 Å². The van der Waals surface area contributed by atoms with Crippen molar-refractivity contribution in [1.29, 1.82) is 0 Å². The minimum Gasteiger partial charge on any atom is -0.380 e. The fraction of sp³-hybridized carbons (Fsp3) is 0.333. The van der Waals surface area contributed by atoms with E-state index in [4.69, 9.17) is 4.74 Å². The van der Waals surface area contributed by atoms with E-state index in [-0.39, 0.29) is 18.0 Å². The average molecular weight is 367 g/mol. The Balaban J connectivity index is 1.76. The molecular weight excluding hydrogens is 342 g/mol. The topological polar surface area (TPSA) is 65.3 Å². The molecule has 3 aromatic rings. The first kappa shape index (κ1) is 18.9. The minimum absolute atomic E-state index is 0.0642. The predicted octanol–water partition coefficient (Wildman–Crippen LogP) is 3.39. The van der Waals surface area contributed by atoms with Crippen molar-refractivity contribution in [2.45, 2.75) is 39.5 Å². The zero-order valence-electron chi connectivity index (χ0n) is 15.8. The number of ether oxygens (including phenoxy) is 1. The van der Waals surface area contributed by atoms with Gasteiger partial charge in [-0.1, -0.05) is 37.3 Å². The number of fused-ring (bicyclic) bond motifs is 1. The standard InChI is InChI=1S/C21H25N3O3/c1-3-13-23-18-10-6-7-11-19(18)24(21(23)26)14-12-20(25)22-17-9-5-4-8-16(17)15-27-2/h4-11H,3,12-15H2,1-2H3,(H,22,25). The number of para-hydroxylation sites is 3. The van der Waals surface area contributed by atoms with Gasteiger partial charge in [-0.2, -0.15) is 0 Å². The van der Waals surface area contributed by atoms with Gasteiger partial charge in [0.1, 0.15) is 0 Å². The maximum atomic E-state index is 12.8. The summed E-state index contributed by atoms with van der Waals surface area (Å²) >= 11 is 0. The number of aromatic nitrogens is 2. The number of hydrogen-bond acceptors (Lipinski definition) is 3. The number of benzene rings is 2. The maximum Gasteiger partial charge on any atom is 0.329 e. The fourth-order valence-corrected chi connectivity index (χ4v) is 3.28. The van der Waals surface area contributed by atoms with E-state index in [2.05, 4.69) is 5.32 Å². The van der Waals surface area contributed by atoms with Crippen LogP contribution in [-0.4, -0.2) is 22.2 Å². The molecule has 0 aliphatic rings. The van der Waals surface area contributed by atoms with E-state index in [0.29, 0.717) is 19.7 Å². The van der Waals surface area contributed by atoms with Crippen LogP contribution in [0.1, 0.15) is 25.3 Å². The molecule has 2 aromatic carbocycles. The average Bonchev–Trinajstić information content (AvgIpc) is 2.94. The number of carbonyl (C=O) groups is 1. The van der Waals surface area contributed by atoms with E-state index in [1.165, 1.54) is 0 Å².